The van der Waals surface area contributed by atoms with Crippen molar-refractivity contribution in [1.82, 2.24) is 20.1 Å². The molecule has 2 rings (SSSR count). The lowest BCUT2D eigenvalue weighted by Gasteiger charge is -2.04. The summed E-state index contributed by atoms with van der Waals surface area (Å²) < 4.78 is 1.50. The number of aromatic nitrogens is 3. The van der Waals surface area contributed by atoms with Crippen molar-refractivity contribution in [3.05, 3.63) is 6.33 Å². The van der Waals surface area contributed by atoms with Crippen LogP contribution in [0.5, 0.6) is 0 Å². The molecular formula is C6H9N5O. The van der Waals surface area contributed by atoms with E-state index in [2.05, 4.69) is 15.4 Å². The van der Waals surface area contributed by atoms with Gasteiger partial charge in [-0.3, -0.25) is 4.79 Å². The summed E-state index contributed by atoms with van der Waals surface area (Å²) in [5.41, 5.74) is 5.32. The molecule has 1 aromatic heterocycles. The highest BCUT2D eigenvalue weighted by molar-refractivity contribution is 5.82. The number of nitrogens with zero attached hydrogens (tertiary/aromatic N) is 3. The molecule has 1 fully saturated rings. The SMILES string of the molecule is Nc1ncn(C2CCNC2=O)n1. The van der Waals surface area contributed by atoms with E-state index in [9.17, 15) is 4.79 Å². The number of carbonyl (C=O) groups is 1. The van der Waals surface area contributed by atoms with Gasteiger partial charge in [-0.05, 0) is 6.42 Å². The van der Waals surface area contributed by atoms with Crippen LogP contribution in [0.25, 0.3) is 0 Å². The molecule has 1 aliphatic rings. The van der Waals surface area contributed by atoms with Crippen molar-refractivity contribution < 1.29 is 4.79 Å². The van der Waals surface area contributed by atoms with Gasteiger partial charge in [0.15, 0.2) is 0 Å². The Hall–Kier alpha value is -1.59. The molecule has 1 unspecified atom stereocenters. The summed E-state index contributed by atoms with van der Waals surface area (Å²) in [7, 11) is 0. The fourth-order valence-electron chi connectivity index (χ4n) is 1.27. The Morgan fingerprint density at radius 2 is 2.58 bits per heavy atom. The van der Waals surface area contributed by atoms with Crippen LogP contribution in [0.1, 0.15) is 12.5 Å². The summed E-state index contributed by atoms with van der Waals surface area (Å²) in [6.07, 6.45) is 2.23. The first-order valence-corrected chi connectivity index (χ1v) is 3.72. The van der Waals surface area contributed by atoms with Crippen molar-refractivity contribution in [3.8, 4) is 0 Å². The number of nitrogen functional groups attached to an aromatic ring is 1. The molecule has 1 saturated heterocycles. The van der Waals surface area contributed by atoms with Gasteiger partial charge in [-0.25, -0.2) is 9.67 Å². The largest absolute Gasteiger partial charge is 0.367 e. The van der Waals surface area contributed by atoms with E-state index in [4.69, 9.17) is 5.73 Å². The smallest absolute Gasteiger partial charge is 0.245 e. The summed E-state index contributed by atoms with van der Waals surface area (Å²) in [6.45, 7) is 0.698. The lowest BCUT2D eigenvalue weighted by molar-refractivity contribution is -0.122. The summed E-state index contributed by atoms with van der Waals surface area (Å²) >= 11 is 0. The van der Waals surface area contributed by atoms with Crippen molar-refractivity contribution >= 4 is 11.9 Å². The Morgan fingerprint density at radius 3 is 3.08 bits per heavy atom. The van der Waals surface area contributed by atoms with Crippen LogP contribution >= 0.6 is 0 Å². The van der Waals surface area contributed by atoms with E-state index in [1.165, 1.54) is 11.0 Å². The van der Waals surface area contributed by atoms with Crippen LogP contribution in [0.4, 0.5) is 5.95 Å². The summed E-state index contributed by atoms with van der Waals surface area (Å²) in [6, 6.07) is -0.227. The van der Waals surface area contributed by atoms with Crippen molar-refractivity contribution in [2.75, 3.05) is 12.3 Å². The molecule has 0 saturated carbocycles. The molecule has 6 heteroatoms. The number of hydrogen-bond acceptors (Lipinski definition) is 4. The molecule has 0 bridgehead atoms. The van der Waals surface area contributed by atoms with Crippen LogP contribution in [-0.2, 0) is 4.79 Å². The molecule has 1 amide bonds. The molecule has 1 atom stereocenters. The predicted octanol–water partition coefficient (Wildman–Crippen LogP) is -1.08. The Balaban J connectivity index is 2.24. The molecule has 1 aromatic rings. The first kappa shape index (κ1) is 7.08. The lowest BCUT2D eigenvalue weighted by atomic mass is 10.3. The van der Waals surface area contributed by atoms with Crippen LogP contribution in [0.3, 0.4) is 0 Å². The Labute approximate surface area is 68.8 Å². The summed E-state index contributed by atoms with van der Waals surface area (Å²) in [5.74, 6) is 0.189. The molecule has 0 radical (unpaired) electrons. The number of anilines is 1. The van der Waals surface area contributed by atoms with Crippen LogP contribution < -0.4 is 11.1 Å². The topological polar surface area (TPSA) is 85.8 Å². The zero-order valence-electron chi connectivity index (χ0n) is 6.40. The number of nitrogens with one attached hydrogen (secondary N) is 1. The second kappa shape index (κ2) is 2.47. The number of nitrogens with two attached hydrogens (primary N) is 1. The number of rotatable bonds is 1. The van der Waals surface area contributed by atoms with E-state index in [0.717, 1.165) is 6.42 Å². The zero-order chi connectivity index (χ0) is 8.55. The minimum atomic E-state index is -0.227. The summed E-state index contributed by atoms with van der Waals surface area (Å²) in [4.78, 5) is 14.9. The van der Waals surface area contributed by atoms with Crippen LogP contribution in [0.15, 0.2) is 6.33 Å². The van der Waals surface area contributed by atoms with Gasteiger partial charge in [0.1, 0.15) is 12.4 Å². The zero-order valence-corrected chi connectivity index (χ0v) is 6.40. The van der Waals surface area contributed by atoms with Crippen LogP contribution in [0.2, 0.25) is 0 Å². The molecular weight excluding hydrogens is 158 g/mol. The first-order valence-electron chi connectivity index (χ1n) is 3.72. The molecule has 6 nitrogen and oxygen atoms in total. The van der Waals surface area contributed by atoms with Crippen molar-refractivity contribution in [1.29, 1.82) is 0 Å². The number of amides is 1. The van der Waals surface area contributed by atoms with E-state index < -0.39 is 0 Å². The van der Waals surface area contributed by atoms with E-state index in [0.29, 0.717) is 6.54 Å². The van der Waals surface area contributed by atoms with E-state index >= 15 is 0 Å². The van der Waals surface area contributed by atoms with Gasteiger partial charge < -0.3 is 11.1 Å². The fourth-order valence-corrected chi connectivity index (χ4v) is 1.27. The van der Waals surface area contributed by atoms with Gasteiger partial charge in [0.05, 0.1) is 0 Å². The molecule has 12 heavy (non-hydrogen) atoms. The maximum Gasteiger partial charge on any atom is 0.245 e. The minimum Gasteiger partial charge on any atom is -0.367 e. The fraction of sp³-hybridized carbons (Fsp3) is 0.500. The van der Waals surface area contributed by atoms with Gasteiger partial charge in [0.25, 0.3) is 0 Å². The van der Waals surface area contributed by atoms with Crippen molar-refractivity contribution in [3.63, 3.8) is 0 Å². The summed E-state index contributed by atoms with van der Waals surface area (Å²) in [5, 5.41) is 6.57. The third-order valence-electron chi connectivity index (χ3n) is 1.87. The highest BCUT2D eigenvalue weighted by Gasteiger charge is 2.26. The second-order valence-electron chi connectivity index (χ2n) is 2.68. The average Bonchev–Trinajstić information content (AvgIpc) is 2.58. The Kier molecular flexibility index (Phi) is 1.46. The monoisotopic (exact) mass is 167 g/mol. The molecule has 2 heterocycles. The third kappa shape index (κ3) is 1.01. The van der Waals surface area contributed by atoms with Crippen LogP contribution in [-0.4, -0.2) is 27.2 Å². The van der Waals surface area contributed by atoms with Gasteiger partial charge in [-0.2, -0.15) is 0 Å². The van der Waals surface area contributed by atoms with Crippen LogP contribution in [0, 0.1) is 0 Å². The molecule has 3 N–H and O–H groups in total. The standard InChI is InChI=1S/C6H9N5O/c7-6-9-3-11(10-6)4-1-2-8-5(4)12/h3-4H,1-2H2,(H2,7,10)(H,8,12). The number of carbonyl (C=O) groups excluding carboxylic acids is 1. The Morgan fingerprint density at radius 1 is 1.75 bits per heavy atom. The molecule has 64 valence electrons. The van der Waals surface area contributed by atoms with E-state index in [1.807, 2.05) is 0 Å². The highest BCUT2D eigenvalue weighted by Crippen LogP contribution is 2.14. The van der Waals surface area contributed by atoms with E-state index in [1.54, 1.807) is 0 Å². The average molecular weight is 167 g/mol. The minimum absolute atomic E-state index is 0.0140. The molecule has 0 spiro atoms. The normalized spacial score (nSPS) is 22.7. The van der Waals surface area contributed by atoms with Crippen molar-refractivity contribution in [2.24, 2.45) is 0 Å². The predicted molar refractivity (Wildman–Crippen MR) is 41.1 cm³/mol. The highest BCUT2D eigenvalue weighted by atomic mass is 16.2. The van der Waals surface area contributed by atoms with Gasteiger partial charge in [0.2, 0.25) is 11.9 Å². The molecule has 0 aromatic carbocycles. The molecule has 0 aliphatic carbocycles. The Bertz CT molecular complexity index is 307. The third-order valence-corrected chi connectivity index (χ3v) is 1.87. The maximum absolute atomic E-state index is 11.1. The van der Waals surface area contributed by atoms with E-state index in [-0.39, 0.29) is 17.9 Å². The van der Waals surface area contributed by atoms with Gasteiger partial charge >= 0.3 is 0 Å². The second-order valence-corrected chi connectivity index (χ2v) is 2.68. The van der Waals surface area contributed by atoms with Gasteiger partial charge in [-0.1, -0.05) is 0 Å². The quantitative estimate of drug-likeness (QED) is 0.557. The van der Waals surface area contributed by atoms with Gasteiger partial charge in [-0.15, -0.1) is 5.10 Å². The molecule has 1 aliphatic heterocycles. The number of hydrogen-bond donors (Lipinski definition) is 2. The first-order chi connectivity index (χ1) is 5.77. The van der Waals surface area contributed by atoms with Gasteiger partial charge in [0, 0.05) is 6.54 Å². The maximum atomic E-state index is 11.1. The van der Waals surface area contributed by atoms with Crippen molar-refractivity contribution in [2.45, 2.75) is 12.5 Å². The lowest BCUT2D eigenvalue weighted by Crippen LogP contribution is -2.22.